The van der Waals surface area contributed by atoms with E-state index < -0.39 is 0 Å². The molecule has 1 aromatic rings. The third-order valence-corrected chi connectivity index (χ3v) is 2.28. The van der Waals surface area contributed by atoms with Crippen molar-refractivity contribution in [2.24, 2.45) is 5.92 Å². The maximum atomic E-state index is 5.25. The summed E-state index contributed by atoms with van der Waals surface area (Å²) in [7, 11) is 1.70. The van der Waals surface area contributed by atoms with Crippen molar-refractivity contribution in [1.82, 2.24) is 9.78 Å². The lowest BCUT2D eigenvalue weighted by molar-refractivity contribution is 0.352. The predicted octanol–water partition coefficient (Wildman–Crippen LogP) is 1.61. The predicted molar refractivity (Wildman–Crippen MR) is 46.2 cm³/mol. The van der Waals surface area contributed by atoms with Gasteiger partial charge in [-0.15, -0.1) is 0 Å². The van der Waals surface area contributed by atoms with Crippen LogP contribution in [0.4, 0.5) is 0 Å². The molecular formula is C9H14N2O. The normalized spacial score (nSPS) is 16.5. The van der Waals surface area contributed by atoms with E-state index in [4.69, 9.17) is 4.74 Å². The fourth-order valence-corrected chi connectivity index (χ4v) is 1.41. The van der Waals surface area contributed by atoms with Crippen LogP contribution in [0.1, 0.15) is 18.4 Å². The van der Waals surface area contributed by atoms with Gasteiger partial charge in [-0.2, -0.15) is 5.10 Å². The highest BCUT2D eigenvalue weighted by Gasteiger charge is 2.23. The Labute approximate surface area is 72.3 Å². The fourth-order valence-electron chi connectivity index (χ4n) is 1.41. The zero-order valence-electron chi connectivity index (χ0n) is 7.58. The van der Waals surface area contributed by atoms with E-state index in [2.05, 4.69) is 5.10 Å². The van der Waals surface area contributed by atoms with Crippen LogP contribution in [0.15, 0.2) is 6.20 Å². The summed E-state index contributed by atoms with van der Waals surface area (Å²) >= 11 is 0. The van der Waals surface area contributed by atoms with Crippen LogP contribution in [0.2, 0.25) is 0 Å². The zero-order valence-corrected chi connectivity index (χ0v) is 7.58. The molecule has 0 radical (unpaired) electrons. The monoisotopic (exact) mass is 166 g/mol. The molecule has 0 unspecified atom stereocenters. The quantitative estimate of drug-likeness (QED) is 0.682. The lowest BCUT2D eigenvalue weighted by Crippen LogP contribution is -2.04. The van der Waals surface area contributed by atoms with Crippen molar-refractivity contribution in [3.05, 3.63) is 11.8 Å². The molecule has 3 heteroatoms. The number of nitrogens with zero attached hydrogens (tertiary/aromatic N) is 2. The summed E-state index contributed by atoms with van der Waals surface area (Å²) in [6, 6.07) is 0. The molecule has 1 aliphatic rings. The van der Waals surface area contributed by atoms with Crippen LogP contribution in [0.5, 0.6) is 5.88 Å². The third-order valence-electron chi connectivity index (χ3n) is 2.28. The van der Waals surface area contributed by atoms with Crippen LogP contribution in [0.25, 0.3) is 0 Å². The molecule has 1 heterocycles. The standard InChI is InChI=1S/C9H14N2O/c1-7-5-10-11(9(7)12-2)6-8-3-4-8/h5,8H,3-4,6H2,1-2H3. The first-order chi connectivity index (χ1) is 5.81. The van der Waals surface area contributed by atoms with E-state index in [-0.39, 0.29) is 0 Å². The first-order valence-electron chi connectivity index (χ1n) is 4.37. The molecule has 0 N–H and O–H groups in total. The maximum absolute atomic E-state index is 5.25. The molecular weight excluding hydrogens is 152 g/mol. The van der Waals surface area contributed by atoms with E-state index in [1.165, 1.54) is 12.8 Å². The van der Waals surface area contributed by atoms with E-state index in [1.807, 2.05) is 17.8 Å². The van der Waals surface area contributed by atoms with Crippen LogP contribution in [-0.2, 0) is 6.54 Å². The number of hydrogen-bond acceptors (Lipinski definition) is 2. The van der Waals surface area contributed by atoms with Gasteiger partial charge in [0, 0.05) is 12.1 Å². The molecule has 0 aromatic carbocycles. The molecule has 0 aliphatic heterocycles. The molecule has 3 nitrogen and oxygen atoms in total. The SMILES string of the molecule is COc1c(C)cnn1CC1CC1. The highest BCUT2D eigenvalue weighted by molar-refractivity contribution is 5.22. The van der Waals surface area contributed by atoms with E-state index >= 15 is 0 Å². The van der Waals surface area contributed by atoms with Gasteiger partial charge in [-0.3, -0.25) is 0 Å². The number of hydrogen-bond donors (Lipinski definition) is 0. The Hall–Kier alpha value is -0.990. The summed E-state index contributed by atoms with van der Waals surface area (Å²) in [6.07, 6.45) is 4.56. The molecule has 1 aliphatic carbocycles. The van der Waals surface area contributed by atoms with Crippen molar-refractivity contribution in [2.75, 3.05) is 7.11 Å². The number of rotatable bonds is 3. The Morgan fingerprint density at radius 3 is 3.00 bits per heavy atom. The molecule has 0 spiro atoms. The van der Waals surface area contributed by atoms with Crippen LogP contribution in [-0.4, -0.2) is 16.9 Å². The summed E-state index contributed by atoms with van der Waals surface area (Å²) in [5.74, 6) is 1.76. The first-order valence-corrected chi connectivity index (χ1v) is 4.37. The maximum Gasteiger partial charge on any atom is 0.214 e. The summed E-state index contributed by atoms with van der Waals surface area (Å²) in [5.41, 5.74) is 1.12. The van der Waals surface area contributed by atoms with Crippen molar-refractivity contribution in [3.63, 3.8) is 0 Å². The summed E-state index contributed by atoms with van der Waals surface area (Å²) < 4.78 is 7.21. The van der Waals surface area contributed by atoms with Crippen LogP contribution >= 0.6 is 0 Å². The van der Waals surface area contributed by atoms with Gasteiger partial charge in [-0.1, -0.05) is 0 Å². The largest absolute Gasteiger partial charge is 0.481 e. The fraction of sp³-hybridized carbons (Fsp3) is 0.667. The molecule has 0 atom stereocenters. The van der Waals surface area contributed by atoms with Crippen molar-refractivity contribution < 1.29 is 4.74 Å². The highest BCUT2D eigenvalue weighted by Crippen LogP contribution is 2.32. The van der Waals surface area contributed by atoms with Gasteiger partial charge in [0.25, 0.3) is 0 Å². The first kappa shape index (κ1) is 7.65. The summed E-state index contributed by atoms with van der Waals surface area (Å²) in [6.45, 7) is 3.05. The Bertz CT molecular complexity index is 276. The van der Waals surface area contributed by atoms with Crippen molar-refractivity contribution in [2.45, 2.75) is 26.3 Å². The van der Waals surface area contributed by atoms with Gasteiger partial charge in [0.2, 0.25) is 5.88 Å². The topological polar surface area (TPSA) is 27.1 Å². The van der Waals surface area contributed by atoms with Crippen molar-refractivity contribution >= 4 is 0 Å². The van der Waals surface area contributed by atoms with Gasteiger partial charge >= 0.3 is 0 Å². The molecule has 2 rings (SSSR count). The van der Waals surface area contributed by atoms with E-state index in [9.17, 15) is 0 Å². The number of methoxy groups -OCH3 is 1. The summed E-state index contributed by atoms with van der Waals surface area (Å²) in [4.78, 5) is 0. The molecule has 1 saturated carbocycles. The molecule has 66 valence electrons. The molecule has 12 heavy (non-hydrogen) atoms. The van der Waals surface area contributed by atoms with Crippen molar-refractivity contribution in [3.8, 4) is 5.88 Å². The lowest BCUT2D eigenvalue weighted by atomic mass is 10.4. The number of aromatic nitrogens is 2. The van der Waals surface area contributed by atoms with Gasteiger partial charge in [-0.25, -0.2) is 4.68 Å². The van der Waals surface area contributed by atoms with Crippen LogP contribution < -0.4 is 4.74 Å². The second-order valence-corrected chi connectivity index (χ2v) is 3.46. The Balaban J connectivity index is 2.16. The molecule has 0 saturated heterocycles. The van der Waals surface area contributed by atoms with Crippen molar-refractivity contribution in [1.29, 1.82) is 0 Å². The minimum Gasteiger partial charge on any atom is -0.481 e. The average molecular weight is 166 g/mol. The van der Waals surface area contributed by atoms with E-state index in [0.717, 1.165) is 23.9 Å². The highest BCUT2D eigenvalue weighted by atomic mass is 16.5. The number of aryl methyl sites for hydroxylation is 1. The van der Waals surface area contributed by atoms with E-state index in [1.54, 1.807) is 7.11 Å². The third kappa shape index (κ3) is 1.31. The Morgan fingerprint density at radius 1 is 1.67 bits per heavy atom. The second kappa shape index (κ2) is 2.81. The molecule has 0 bridgehead atoms. The summed E-state index contributed by atoms with van der Waals surface area (Å²) in [5, 5.41) is 4.26. The van der Waals surface area contributed by atoms with Gasteiger partial charge in [0.1, 0.15) is 0 Å². The van der Waals surface area contributed by atoms with Gasteiger partial charge in [0.05, 0.1) is 13.3 Å². The molecule has 0 amide bonds. The lowest BCUT2D eigenvalue weighted by Gasteiger charge is -2.05. The van der Waals surface area contributed by atoms with Gasteiger partial charge in [0.15, 0.2) is 0 Å². The second-order valence-electron chi connectivity index (χ2n) is 3.46. The average Bonchev–Trinajstić information content (AvgIpc) is 2.78. The molecule has 1 fully saturated rings. The van der Waals surface area contributed by atoms with Gasteiger partial charge in [-0.05, 0) is 25.7 Å². The van der Waals surface area contributed by atoms with Crippen LogP contribution in [0.3, 0.4) is 0 Å². The van der Waals surface area contributed by atoms with Gasteiger partial charge < -0.3 is 4.74 Å². The minimum absolute atomic E-state index is 0.846. The Kier molecular flexibility index (Phi) is 1.79. The van der Waals surface area contributed by atoms with Crippen LogP contribution in [0, 0.1) is 12.8 Å². The smallest absolute Gasteiger partial charge is 0.214 e. The Morgan fingerprint density at radius 2 is 2.42 bits per heavy atom. The van der Waals surface area contributed by atoms with E-state index in [0.29, 0.717) is 0 Å². The number of ether oxygens (including phenoxy) is 1. The zero-order chi connectivity index (χ0) is 8.55. The minimum atomic E-state index is 0.846. The molecule has 1 aromatic heterocycles.